The maximum Gasteiger partial charge on any atom is 0.137 e. The first-order valence-corrected chi connectivity index (χ1v) is 18.2. The summed E-state index contributed by atoms with van der Waals surface area (Å²) in [6.45, 7) is 20.1. The number of benzene rings is 4. The number of hydrogen-bond donors (Lipinski definition) is 0. The second-order valence-corrected chi connectivity index (χ2v) is 16.6. The molecule has 0 amide bonds. The quantitative estimate of drug-likeness (QED) is 0.161. The van der Waals surface area contributed by atoms with E-state index in [2.05, 4.69) is 163 Å². The molecule has 7 aromatic rings. The van der Waals surface area contributed by atoms with E-state index >= 15 is 0 Å². The Morgan fingerprint density at radius 1 is 0.667 bits per heavy atom. The minimum Gasteiger partial charge on any atom is -0.457 e. The molecule has 260 valence electrons. The highest BCUT2D eigenvalue weighted by Gasteiger charge is 2.20. The monoisotopic (exact) mass is 674 g/mol. The molecule has 5 nitrogen and oxygen atoms in total. The van der Waals surface area contributed by atoms with Gasteiger partial charge in [-0.05, 0) is 122 Å². The standard InChI is InChI=1S/C46H50N4O/c1-30-20-22-47-43(23-30)49-41-18-15-34(29-46(7,8)9)26-40(41)39-17-16-37(28-42(39)49)51-38-25-33(19-21-45(4,5)6)24-36(27-38)50-32(3)44(31(2)48-50)35-13-11-10-12-14-35/h10-18,20,22-28H,19,21,29H2,1-9H3. The summed E-state index contributed by atoms with van der Waals surface area (Å²) in [7, 11) is 0. The molecule has 0 N–H and O–H groups in total. The van der Waals surface area contributed by atoms with Crippen molar-refractivity contribution in [1.82, 2.24) is 19.3 Å². The molecule has 0 spiro atoms. The van der Waals surface area contributed by atoms with Crippen LogP contribution in [0.1, 0.15) is 76.0 Å². The molecular weight excluding hydrogens is 625 g/mol. The molecule has 0 atom stereocenters. The number of nitrogens with zero attached hydrogens (tertiary/aromatic N) is 4. The number of aromatic nitrogens is 4. The van der Waals surface area contributed by atoms with E-state index < -0.39 is 0 Å². The van der Waals surface area contributed by atoms with Gasteiger partial charge in [0, 0.05) is 40.4 Å². The molecule has 0 aliphatic carbocycles. The van der Waals surface area contributed by atoms with Crippen molar-refractivity contribution in [2.24, 2.45) is 10.8 Å². The molecule has 0 unspecified atom stereocenters. The van der Waals surface area contributed by atoms with E-state index in [-0.39, 0.29) is 10.8 Å². The fourth-order valence-corrected chi connectivity index (χ4v) is 7.26. The first-order chi connectivity index (χ1) is 24.2. The van der Waals surface area contributed by atoms with Crippen LogP contribution in [0.2, 0.25) is 0 Å². The topological polar surface area (TPSA) is 44.9 Å². The van der Waals surface area contributed by atoms with Gasteiger partial charge in [-0.3, -0.25) is 4.57 Å². The Labute approximate surface area is 302 Å². The molecule has 5 heteroatoms. The van der Waals surface area contributed by atoms with E-state index in [0.29, 0.717) is 0 Å². The number of hydrogen-bond acceptors (Lipinski definition) is 3. The zero-order chi connectivity index (χ0) is 36.1. The van der Waals surface area contributed by atoms with Crippen molar-refractivity contribution >= 4 is 21.8 Å². The van der Waals surface area contributed by atoms with E-state index in [1.165, 1.54) is 38.6 Å². The Morgan fingerprint density at radius 2 is 1.45 bits per heavy atom. The van der Waals surface area contributed by atoms with Crippen molar-refractivity contribution in [3.63, 3.8) is 0 Å². The summed E-state index contributed by atoms with van der Waals surface area (Å²) in [6.07, 6.45) is 4.91. The highest BCUT2D eigenvalue weighted by atomic mass is 16.5. The number of ether oxygens (including phenoxy) is 1. The number of fused-ring (bicyclic) bond motifs is 3. The lowest BCUT2D eigenvalue weighted by Gasteiger charge is -2.19. The van der Waals surface area contributed by atoms with Gasteiger partial charge in [-0.2, -0.15) is 5.10 Å². The van der Waals surface area contributed by atoms with Crippen molar-refractivity contribution < 1.29 is 4.74 Å². The summed E-state index contributed by atoms with van der Waals surface area (Å²) in [5.74, 6) is 2.49. The van der Waals surface area contributed by atoms with Crippen LogP contribution in [0.25, 0.3) is 44.4 Å². The number of rotatable bonds is 8. The SMILES string of the molecule is Cc1ccnc(-n2c3ccc(CC(C)(C)C)cc3c3ccc(Oc4cc(CCC(C)(C)C)cc(-n5nc(C)c(-c6ccccc6)c5C)c4)cc32)c1. The molecule has 0 saturated heterocycles. The minimum atomic E-state index is 0.196. The van der Waals surface area contributed by atoms with Gasteiger partial charge in [0.1, 0.15) is 17.3 Å². The largest absolute Gasteiger partial charge is 0.457 e. The highest BCUT2D eigenvalue weighted by molar-refractivity contribution is 6.09. The normalized spacial score (nSPS) is 12.3. The van der Waals surface area contributed by atoms with E-state index in [1.807, 2.05) is 12.3 Å². The Hall–Kier alpha value is -5.16. The lowest BCUT2D eigenvalue weighted by atomic mass is 9.88. The van der Waals surface area contributed by atoms with E-state index in [4.69, 9.17) is 14.8 Å². The molecular formula is C46H50N4O. The molecule has 3 aromatic heterocycles. The van der Waals surface area contributed by atoms with Gasteiger partial charge in [0.15, 0.2) is 0 Å². The van der Waals surface area contributed by atoms with Gasteiger partial charge < -0.3 is 4.74 Å². The molecule has 3 heterocycles. The Balaban J connectivity index is 1.34. The van der Waals surface area contributed by atoms with Crippen molar-refractivity contribution in [1.29, 1.82) is 0 Å². The summed E-state index contributed by atoms with van der Waals surface area (Å²) in [5.41, 5.74) is 11.8. The maximum absolute atomic E-state index is 6.81. The number of aryl methyl sites for hydroxylation is 3. The molecule has 4 aromatic carbocycles. The van der Waals surface area contributed by atoms with Crippen molar-refractivity contribution in [2.45, 2.75) is 81.6 Å². The van der Waals surface area contributed by atoms with Crippen LogP contribution in [0.5, 0.6) is 11.5 Å². The smallest absolute Gasteiger partial charge is 0.137 e. The molecule has 0 aliphatic rings. The third-order valence-corrected chi connectivity index (χ3v) is 9.62. The Kier molecular flexibility index (Phi) is 8.87. The van der Waals surface area contributed by atoms with Crippen LogP contribution >= 0.6 is 0 Å². The Morgan fingerprint density at radius 3 is 2.18 bits per heavy atom. The summed E-state index contributed by atoms with van der Waals surface area (Å²) in [5, 5.41) is 7.47. The van der Waals surface area contributed by atoms with Crippen LogP contribution in [0.15, 0.2) is 103 Å². The van der Waals surface area contributed by atoms with Gasteiger partial charge in [0.2, 0.25) is 0 Å². The van der Waals surface area contributed by atoms with E-state index in [0.717, 1.165) is 64.7 Å². The third-order valence-electron chi connectivity index (χ3n) is 9.62. The fraction of sp³-hybridized carbons (Fsp3) is 0.304. The molecule has 7 rings (SSSR count). The Bertz CT molecular complexity index is 2360. The zero-order valence-corrected chi connectivity index (χ0v) is 31.6. The molecule has 0 saturated carbocycles. The molecule has 0 fully saturated rings. The van der Waals surface area contributed by atoms with Crippen molar-refractivity contribution in [2.75, 3.05) is 0 Å². The van der Waals surface area contributed by atoms with Gasteiger partial charge in [0.05, 0.1) is 22.4 Å². The van der Waals surface area contributed by atoms with Crippen LogP contribution in [-0.2, 0) is 12.8 Å². The summed E-state index contributed by atoms with van der Waals surface area (Å²) < 4.78 is 11.2. The van der Waals surface area contributed by atoms with Crippen LogP contribution < -0.4 is 4.74 Å². The highest BCUT2D eigenvalue weighted by Crippen LogP contribution is 2.38. The van der Waals surface area contributed by atoms with Gasteiger partial charge in [-0.25, -0.2) is 9.67 Å². The van der Waals surface area contributed by atoms with Crippen LogP contribution in [0, 0.1) is 31.6 Å². The first-order valence-electron chi connectivity index (χ1n) is 18.2. The maximum atomic E-state index is 6.81. The lowest BCUT2D eigenvalue weighted by Crippen LogP contribution is -2.08. The van der Waals surface area contributed by atoms with Crippen molar-refractivity contribution in [3.05, 3.63) is 131 Å². The second kappa shape index (κ2) is 13.2. The first kappa shape index (κ1) is 34.3. The van der Waals surface area contributed by atoms with Gasteiger partial charge >= 0.3 is 0 Å². The third kappa shape index (κ3) is 7.35. The molecule has 0 aliphatic heterocycles. The minimum absolute atomic E-state index is 0.196. The predicted octanol–water partition coefficient (Wildman–Crippen LogP) is 12.3. The van der Waals surface area contributed by atoms with Gasteiger partial charge in [-0.15, -0.1) is 0 Å². The summed E-state index contributed by atoms with van der Waals surface area (Å²) in [6, 6.07) is 34.7. The number of pyridine rings is 1. The summed E-state index contributed by atoms with van der Waals surface area (Å²) >= 11 is 0. The fourth-order valence-electron chi connectivity index (χ4n) is 7.26. The van der Waals surface area contributed by atoms with E-state index in [1.54, 1.807) is 0 Å². The van der Waals surface area contributed by atoms with Gasteiger partial charge in [0.25, 0.3) is 0 Å². The zero-order valence-electron chi connectivity index (χ0n) is 31.6. The average Bonchev–Trinajstić information content (AvgIpc) is 3.55. The van der Waals surface area contributed by atoms with Crippen LogP contribution in [0.3, 0.4) is 0 Å². The average molecular weight is 675 g/mol. The molecule has 0 bridgehead atoms. The summed E-state index contributed by atoms with van der Waals surface area (Å²) in [4.78, 5) is 4.83. The predicted molar refractivity (Wildman–Crippen MR) is 213 cm³/mol. The van der Waals surface area contributed by atoms with E-state index in [9.17, 15) is 0 Å². The lowest BCUT2D eigenvalue weighted by molar-refractivity contribution is 0.378. The van der Waals surface area contributed by atoms with Crippen LogP contribution in [0.4, 0.5) is 0 Å². The molecule has 0 radical (unpaired) electrons. The second-order valence-electron chi connectivity index (χ2n) is 16.6. The van der Waals surface area contributed by atoms with Crippen molar-refractivity contribution in [3.8, 4) is 34.1 Å². The molecule has 51 heavy (non-hydrogen) atoms. The van der Waals surface area contributed by atoms with Crippen LogP contribution in [-0.4, -0.2) is 19.3 Å². The van der Waals surface area contributed by atoms with Gasteiger partial charge in [-0.1, -0.05) is 77.9 Å².